The van der Waals surface area contributed by atoms with Crippen LogP contribution in [0.4, 0.5) is 0 Å². The molecule has 1 aromatic heterocycles. The van der Waals surface area contributed by atoms with Crippen molar-refractivity contribution in [1.82, 2.24) is 9.88 Å². The molecule has 0 aromatic carbocycles. The van der Waals surface area contributed by atoms with Gasteiger partial charge in [0.05, 0.1) is 5.56 Å². The highest BCUT2D eigenvalue weighted by Gasteiger charge is 2.13. The first-order chi connectivity index (χ1) is 7.69. The first-order valence-corrected chi connectivity index (χ1v) is 5.60. The zero-order chi connectivity index (χ0) is 12.0. The predicted octanol–water partition coefficient (Wildman–Crippen LogP) is 2.66. The molecule has 0 bridgehead atoms. The highest BCUT2D eigenvalue weighted by Crippen LogP contribution is 2.11. The molecule has 1 heterocycles. The first-order valence-electron chi connectivity index (χ1n) is 4.80. The maximum Gasteiger partial charge on any atom is 0.256 e. The number of hydrogen-bond donors (Lipinski definition) is 0. The Balaban J connectivity index is 2.89. The first kappa shape index (κ1) is 12.6. The molecule has 84 valence electrons. The second-order valence-electron chi connectivity index (χ2n) is 3.18. The second-order valence-corrected chi connectivity index (χ2v) is 4.09. The van der Waals surface area contributed by atoms with Crippen molar-refractivity contribution >= 4 is 21.8 Å². The van der Waals surface area contributed by atoms with E-state index in [4.69, 9.17) is 0 Å². The molecule has 0 fully saturated rings. The minimum Gasteiger partial charge on any atom is -0.331 e. The Morgan fingerprint density at radius 1 is 1.38 bits per heavy atom. The molecule has 1 amide bonds. The van der Waals surface area contributed by atoms with Gasteiger partial charge in [0, 0.05) is 30.0 Å². The standard InChI is InChI=1S/C12H13BrN2O/c1-3-5-15(6-4-2)12(16)10-7-11(13)9-14-8-10/h3-4,7-9H,1-2,5-6H2. The summed E-state index contributed by atoms with van der Waals surface area (Å²) in [6.45, 7) is 8.24. The number of hydrogen-bond acceptors (Lipinski definition) is 2. The lowest BCUT2D eigenvalue weighted by Gasteiger charge is -2.19. The molecule has 1 rings (SSSR count). The molecule has 0 radical (unpaired) electrons. The Bertz CT molecular complexity index is 394. The molecular formula is C12H13BrN2O. The van der Waals surface area contributed by atoms with Gasteiger partial charge in [-0.1, -0.05) is 12.2 Å². The maximum atomic E-state index is 12.0. The average molecular weight is 281 g/mol. The lowest BCUT2D eigenvalue weighted by atomic mass is 10.2. The van der Waals surface area contributed by atoms with Crippen LogP contribution < -0.4 is 0 Å². The average Bonchev–Trinajstić information content (AvgIpc) is 2.28. The number of amides is 1. The molecule has 0 aliphatic carbocycles. The fourth-order valence-corrected chi connectivity index (χ4v) is 1.63. The topological polar surface area (TPSA) is 33.2 Å². The van der Waals surface area contributed by atoms with Crippen molar-refractivity contribution in [2.24, 2.45) is 0 Å². The summed E-state index contributed by atoms with van der Waals surface area (Å²) in [4.78, 5) is 17.7. The summed E-state index contributed by atoms with van der Waals surface area (Å²) in [5, 5.41) is 0. The van der Waals surface area contributed by atoms with E-state index in [2.05, 4.69) is 34.1 Å². The van der Waals surface area contributed by atoms with Crippen LogP contribution in [0.1, 0.15) is 10.4 Å². The Kier molecular flexibility index (Phi) is 4.92. The predicted molar refractivity (Wildman–Crippen MR) is 68.2 cm³/mol. The van der Waals surface area contributed by atoms with Crippen molar-refractivity contribution in [3.05, 3.63) is 53.8 Å². The molecule has 0 aliphatic rings. The SMILES string of the molecule is C=CCN(CC=C)C(=O)c1cncc(Br)c1. The third kappa shape index (κ3) is 3.31. The second kappa shape index (κ2) is 6.23. The molecule has 16 heavy (non-hydrogen) atoms. The number of nitrogens with zero attached hydrogens (tertiary/aromatic N) is 2. The van der Waals surface area contributed by atoms with Gasteiger partial charge in [0.2, 0.25) is 0 Å². The van der Waals surface area contributed by atoms with Gasteiger partial charge in [-0.15, -0.1) is 13.2 Å². The minimum absolute atomic E-state index is 0.0754. The zero-order valence-electron chi connectivity index (χ0n) is 8.90. The molecule has 4 heteroatoms. The maximum absolute atomic E-state index is 12.0. The summed E-state index contributed by atoms with van der Waals surface area (Å²) in [7, 11) is 0. The van der Waals surface area contributed by atoms with Crippen LogP contribution in [0.3, 0.4) is 0 Å². The fraction of sp³-hybridized carbons (Fsp3) is 0.167. The summed E-state index contributed by atoms with van der Waals surface area (Å²) >= 11 is 3.28. The van der Waals surface area contributed by atoms with Gasteiger partial charge in [-0.3, -0.25) is 9.78 Å². The van der Waals surface area contributed by atoms with Crippen LogP contribution in [0, 0.1) is 0 Å². The molecule has 0 saturated heterocycles. The number of rotatable bonds is 5. The molecule has 0 atom stereocenters. The van der Waals surface area contributed by atoms with Gasteiger partial charge in [0.25, 0.3) is 5.91 Å². The van der Waals surface area contributed by atoms with E-state index < -0.39 is 0 Å². The molecule has 0 saturated carbocycles. The third-order valence-corrected chi connectivity index (χ3v) is 2.37. The van der Waals surface area contributed by atoms with E-state index in [1.807, 2.05) is 0 Å². The largest absolute Gasteiger partial charge is 0.331 e. The Labute approximate surface area is 104 Å². The van der Waals surface area contributed by atoms with Gasteiger partial charge >= 0.3 is 0 Å². The monoisotopic (exact) mass is 280 g/mol. The number of carbonyl (C=O) groups is 1. The van der Waals surface area contributed by atoms with E-state index in [1.165, 1.54) is 0 Å². The Morgan fingerprint density at radius 3 is 2.50 bits per heavy atom. The molecule has 0 N–H and O–H groups in total. The molecule has 0 unspecified atom stereocenters. The Hall–Kier alpha value is -1.42. The van der Waals surface area contributed by atoms with Crippen molar-refractivity contribution < 1.29 is 4.79 Å². The van der Waals surface area contributed by atoms with Crippen molar-refractivity contribution in [1.29, 1.82) is 0 Å². The fourth-order valence-electron chi connectivity index (χ4n) is 1.26. The smallest absolute Gasteiger partial charge is 0.256 e. The van der Waals surface area contributed by atoms with Crippen molar-refractivity contribution in [2.45, 2.75) is 0 Å². The van der Waals surface area contributed by atoms with Crippen LogP contribution in [-0.2, 0) is 0 Å². The molecular weight excluding hydrogens is 268 g/mol. The number of pyridine rings is 1. The number of aromatic nitrogens is 1. The molecule has 3 nitrogen and oxygen atoms in total. The van der Waals surface area contributed by atoms with E-state index >= 15 is 0 Å². The van der Waals surface area contributed by atoms with Gasteiger partial charge in [-0.25, -0.2) is 0 Å². The van der Waals surface area contributed by atoms with Crippen molar-refractivity contribution in [3.8, 4) is 0 Å². The normalized spacial score (nSPS) is 9.56. The summed E-state index contributed by atoms with van der Waals surface area (Å²) < 4.78 is 0.788. The van der Waals surface area contributed by atoms with Crippen LogP contribution in [0.2, 0.25) is 0 Å². The van der Waals surface area contributed by atoms with E-state index in [0.29, 0.717) is 18.7 Å². The lowest BCUT2D eigenvalue weighted by Crippen LogP contribution is -2.31. The van der Waals surface area contributed by atoms with Crippen LogP contribution in [0.25, 0.3) is 0 Å². The quantitative estimate of drug-likeness (QED) is 0.777. The number of halogens is 1. The number of carbonyl (C=O) groups excluding carboxylic acids is 1. The van der Waals surface area contributed by atoms with Crippen molar-refractivity contribution in [3.63, 3.8) is 0 Å². The summed E-state index contributed by atoms with van der Waals surface area (Å²) in [6.07, 6.45) is 6.56. The zero-order valence-corrected chi connectivity index (χ0v) is 10.5. The van der Waals surface area contributed by atoms with Crippen LogP contribution >= 0.6 is 15.9 Å². The van der Waals surface area contributed by atoms with Crippen LogP contribution in [0.15, 0.2) is 48.2 Å². The summed E-state index contributed by atoms with van der Waals surface area (Å²) in [6, 6.07) is 1.74. The van der Waals surface area contributed by atoms with E-state index in [9.17, 15) is 4.79 Å². The molecule has 1 aromatic rings. The molecule has 0 spiro atoms. The van der Waals surface area contributed by atoms with Gasteiger partial charge in [0.15, 0.2) is 0 Å². The highest BCUT2D eigenvalue weighted by molar-refractivity contribution is 9.10. The van der Waals surface area contributed by atoms with Gasteiger partial charge in [0.1, 0.15) is 0 Å². The lowest BCUT2D eigenvalue weighted by molar-refractivity contribution is 0.0790. The van der Waals surface area contributed by atoms with Crippen LogP contribution in [-0.4, -0.2) is 28.9 Å². The molecule has 0 aliphatic heterocycles. The minimum atomic E-state index is -0.0754. The van der Waals surface area contributed by atoms with Crippen molar-refractivity contribution in [2.75, 3.05) is 13.1 Å². The highest BCUT2D eigenvalue weighted by atomic mass is 79.9. The van der Waals surface area contributed by atoms with Gasteiger partial charge in [-0.05, 0) is 22.0 Å². The van der Waals surface area contributed by atoms with E-state index in [0.717, 1.165) is 4.47 Å². The van der Waals surface area contributed by atoms with Gasteiger partial charge in [-0.2, -0.15) is 0 Å². The van der Waals surface area contributed by atoms with E-state index in [1.54, 1.807) is 35.5 Å². The summed E-state index contributed by atoms with van der Waals surface area (Å²) in [5.74, 6) is -0.0754. The van der Waals surface area contributed by atoms with Gasteiger partial charge < -0.3 is 4.90 Å². The summed E-state index contributed by atoms with van der Waals surface area (Å²) in [5.41, 5.74) is 0.554. The van der Waals surface area contributed by atoms with E-state index in [-0.39, 0.29) is 5.91 Å². The Morgan fingerprint density at radius 2 is 2.00 bits per heavy atom. The third-order valence-electron chi connectivity index (χ3n) is 1.94. The van der Waals surface area contributed by atoms with Crippen LogP contribution in [0.5, 0.6) is 0 Å².